The van der Waals surface area contributed by atoms with Gasteiger partial charge in [0.2, 0.25) is 5.82 Å². The second-order valence-corrected chi connectivity index (χ2v) is 4.59. The number of halogens is 3. The third-order valence-corrected chi connectivity index (χ3v) is 3.10. The number of hydrogen-bond acceptors (Lipinski definition) is 3. The fourth-order valence-corrected chi connectivity index (χ4v) is 1.75. The van der Waals surface area contributed by atoms with Gasteiger partial charge in [-0.2, -0.15) is 4.39 Å². The van der Waals surface area contributed by atoms with Gasteiger partial charge in [-0.3, -0.25) is 4.79 Å². The van der Waals surface area contributed by atoms with Gasteiger partial charge in [-0.25, -0.2) is 8.78 Å². The van der Waals surface area contributed by atoms with Gasteiger partial charge < -0.3 is 16.2 Å². The van der Waals surface area contributed by atoms with Crippen LogP contribution in [0.4, 0.5) is 13.2 Å². The Balaban J connectivity index is 2.10. The van der Waals surface area contributed by atoms with E-state index in [1.165, 1.54) is 0 Å². The van der Waals surface area contributed by atoms with Crippen LogP contribution in [0, 0.1) is 23.4 Å². The minimum Gasteiger partial charge on any atom is -0.503 e. The highest BCUT2D eigenvalue weighted by molar-refractivity contribution is 5.95. The summed E-state index contributed by atoms with van der Waals surface area (Å²) in [5, 5.41) is 11.3. The number of nitrogens with two attached hydrogens (primary N) is 1. The SMILES string of the molecule is NC(CNC(=O)c1cc(F)c(F)c(O)c1F)C1CC1. The van der Waals surface area contributed by atoms with Crippen molar-refractivity contribution in [3.8, 4) is 5.75 Å². The average molecular weight is 274 g/mol. The summed E-state index contributed by atoms with van der Waals surface area (Å²) in [4.78, 5) is 11.6. The zero-order valence-corrected chi connectivity index (χ0v) is 9.92. The molecule has 0 radical (unpaired) electrons. The standard InChI is InChI=1S/C12H13F3N2O2/c13-7-3-6(9(14)11(18)10(7)15)12(19)17-4-8(16)5-1-2-5/h3,5,8,18H,1-2,4,16H2,(H,17,19). The third kappa shape index (κ3) is 2.81. The Bertz CT molecular complexity index is 518. The maximum atomic E-state index is 13.4. The molecule has 0 aliphatic heterocycles. The highest BCUT2D eigenvalue weighted by Crippen LogP contribution is 2.31. The van der Waals surface area contributed by atoms with Crippen LogP contribution in [-0.4, -0.2) is 23.6 Å². The molecule has 1 fully saturated rings. The van der Waals surface area contributed by atoms with Crippen LogP contribution < -0.4 is 11.1 Å². The zero-order chi connectivity index (χ0) is 14.2. The summed E-state index contributed by atoms with van der Waals surface area (Å²) in [6.45, 7) is 0.114. The second kappa shape index (κ2) is 5.08. The van der Waals surface area contributed by atoms with Crippen molar-refractivity contribution >= 4 is 5.91 Å². The number of phenols is 1. The largest absolute Gasteiger partial charge is 0.503 e. The highest BCUT2D eigenvalue weighted by atomic mass is 19.2. The molecule has 4 nitrogen and oxygen atoms in total. The van der Waals surface area contributed by atoms with Crippen LogP contribution in [0.5, 0.6) is 5.75 Å². The number of hydrogen-bond donors (Lipinski definition) is 3. The summed E-state index contributed by atoms with van der Waals surface area (Å²) in [6.07, 6.45) is 1.97. The molecule has 0 aromatic heterocycles. The number of rotatable bonds is 4. The number of benzene rings is 1. The number of phenolic OH excluding ortho intramolecular Hbond substituents is 1. The molecule has 2 rings (SSSR count). The van der Waals surface area contributed by atoms with Crippen molar-refractivity contribution < 1.29 is 23.1 Å². The summed E-state index contributed by atoms with van der Waals surface area (Å²) in [6, 6.07) is 0.161. The van der Waals surface area contributed by atoms with Gasteiger partial charge in [-0.1, -0.05) is 0 Å². The monoisotopic (exact) mass is 274 g/mol. The van der Waals surface area contributed by atoms with Crippen molar-refractivity contribution in [1.29, 1.82) is 0 Å². The first-order valence-electron chi connectivity index (χ1n) is 5.82. The molecular weight excluding hydrogens is 261 g/mol. The molecule has 1 aromatic carbocycles. The average Bonchev–Trinajstić information content (AvgIpc) is 3.21. The Morgan fingerprint density at radius 2 is 2.05 bits per heavy atom. The lowest BCUT2D eigenvalue weighted by Crippen LogP contribution is -2.38. The van der Waals surface area contributed by atoms with E-state index in [2.05, 4.69) is 5.32 Å². The predicted octanol–water partition coefficient (Wildman–Crippen LogP) is 1.28. The van der Waals surface area contributed by atoms with E-state index in [1.807, 2.05) is 0 Å². The van der Waals surface area contributed by atoms with E-state index >= 15 is 0 Å². The lowest BCUT2D eigenvalue weighted by atomic mass is 10.1. The van der Waals surface area contributed by atoms with Gasteiger partial charge in [-0.05, 0) is 24.8 Å². The maximum Gasteiger partial charge on any atom is 0.254 e. The van der Waals surface area contributed by atoms with Crippen LogP contribution in [-0.2, 0) is 0 Å². The Labute approximate surface area is 107 Å². The summed E-state index contributed by atoms with van der Waals surface area (Å²) in [5.74, 6) is -6.81. The van der Waals surface area contributed by atoms with Crippen molar-refractivity contribution in [1.82, 2.24) is 5.32 Å². The Morgan fingerprint density at radius 1 is 1.42 bits per heavy atom. The van der Waals surface area contributed by atoms with Crippen LogP contribution in [0.2, 0.25) is 0 Å². The number of carbonyl (C=O) groups excluding carboxylic acids is 1. The highest BCUT2D eigenvalue weighted by Gasteiger charge is 2.29. The Morgan fingerprint density at radius 3 is 2.63 bits per heavy atom. The molecule has 1 aliphatic carbocycles. The second-order valence-electron chi connectivity index (χ2n) is 4.59. The lowest BCUT2D eigenvalue weighted by Gasteiger charge is -2.12. The first-order valence-corrected chi connectivity index (χ1v) is 5.82. The molecule has 0 bridgehead atoms. The van der Waals surface area contributed by atoms with E-state index in [4.69, 9.17) is 10.8 Å². The molecule has 4 N–H and O–H groups in total. The Hall–Kier alpha value is -1.76. The van der Waals surface area contributed by atoms with Crippen molar-refractivity contribution in [2.45, 2.75) is 18.9 Å². The molecule has 1 atom stereocenters. The number of carbonyl (C=O) groups is 1. The van der Waals surface area contributed by atoms with Crippen LogP contribution in [0.25, 0.3) is 0 Å². The molecule has 7 heteroatoms. The van der Waals surface area contributed by atoms with E-state index in [0.717, 1.165) is 12.8 Å². The number of nitrogens with one attached hydrogen (secondary N) is 1. The van der Waals surface area contributed by atoms with E-state index in [9.17, 15) is 18.0 Å². The van der Waals surface area contributed by atoms with E-state index in [1.54, 1.807) is 0 Å². The quantitative estimate of drug-likeness (QED) is 0.724. The van der Waals surface area contributed by atoms with Gasteiger partial charge in [0.1, 0.15) is 0 Å². The molecule has 104 valence electrons. The summed E-state index contributed by atoms with van der Waals surface area (Å²) >= 11 is 0. The lowest BCUT2D eigenvalue weighted by molar-refractivity contribution is 0.0944. The van der Waals surface area contributed by atoms with Crippen LogP contribution in [0.1, 0.15) is 23.2 Å². The Kier molecular flexibility index (Phi) is 3.66. The first kappa shape index (κ1) is 13.7. The van der Waals surface area contributed by atoms with E-state index in [-0.39, 0.29) is 12.6 Å². The number of amides is 1. The smallest absolute Gasteiger partial charge is 0.254 e. The minimum absolute atomic E-state index is 0.114. The van der Waals surface area contributed by atoms with Crippen LogP contribution >= 0.6 is 0 Å². The molecule has 0 heterocycles. The first-order chi connectivity index (χ1) is 8.91. The summed E-state index contributed by atoms with van der Waals surface area (Å²) in [7, 11) is 0. The maximum absolute atomic E-state index is 13.4. The van der Waals surface area contributed by atoms with Gasteiger partial charge in [-0.15, -0.1) is 0 Å². The molecule has 19 heavy (non-hydrogen) atoms. The molecule has 0 spiro atoms. The third-order valence-electron chi connectivity index (χ3n) is 3.10. The fourth-order valence-electron chi connectivity index (χ4n) is 1.75. The van der Waals surface area contributed by atoms with Crippen LogP contribution in [0.3, 0.4) is 0 Å². The van der Waals surface area contributed by atoms with E-state index < -0.39 is 34.7 Å². The molecule has 1 unspecified atom stereocenters. The normalized spacial score (nSPS) is 16.2. The molecule has 1 aliphatic rings. The van der Waals surface area contributed by atoms with Gasteiger partial charge in [0.25, 0.3) is 5.91 Å². The van der Waals surface area contributed by atoms with Gasteiger partial charge in [0.05, 0.1) is 5.56 Å². The number of aromatic hydroxyl groups is 1. The minimum atomic E-state index is -1.72. The molecular formula is C12H13F3N2O2. The van der Waals surface area contributed by atoms with Crippen LogP contribution in [0.15, 0.2) is 6.07 Å². The summed E-state index contributed by atoms with van der Waals surface area (Å²) in [5.41, 5.74) is 4.98. The van der Waals surface area contributed by atoms with Gasteiger partial charge in [0.15, 0.2) is 17.4 Å². The molecule has 1 aromatic rings. The topological polar surface area (TPSA) is 75.3 Å². The van der Waals surface area contributed by atoms with Gasteiger partial charge >= 0.3 is 0 Å². The van der Waals surface area contributed by atoms with Crippen molar-refractivity contribution in [3.05, 3.63) is 29.1 Å². The van der Waals surface area contributed by atoms with Crippen molar-refractivity contribution in [3.63, 3.8) is 0 Å². The molecule has 1 amide bonds. The van der Waals surface area contributed by atoms with E-state index in [0.29, 0.717) is 12.0 Å². The molecule has 0 saturated heterocycles. The summed E-state index contributed by atoms with van der Waals surface area (Å²) < 4.78 is 39.3. The fraction of sp³-hybridized carbons (Fsp3) is 0.417. The van der Waals surface area contributed by atoms with Crippen molar-refractivity contribution in [2.24, 2.45) is 11.7 Å². The predicted molar refractivity (Wildman–Crippen MR) is 61.0 cm³/mol. The van der Waals surface area contributed by atoms with Gasteiger partial charge in [0, 0.05) is 12.6 Å². The molecule has 1 saturated carbocycles. The van der Waals surface area contributed by atoms with Crippen molar-refractivity contribution in [2.75, 3.05) is 6.54 Å². The zero-order valence-electron chi connectivity index (χ0n) is 9.92.